The fraction of sp³-hybridized carbons (Fsp3) is 0.619. The molecule has 0 saturated carbocycles. The molecule has 144 valence electrons. The Kier molecular flexibility index (Phi) is 8.10. The number of benzene rings is 1. The summed E-state index contributed by atoms with van der Waals surface area (Å²) >= 11 is 0. The Morgan fingerprint density at radius 3 is 2.65 bits per heavy atom. The number of hydrogen-bond acceptors (Lipinski definition) is 2. The average Bonchev–Trinajstić information content (AvgIpc) is 2.63. The second kappa shape index (κ2) is 10.3. The number of aryl methyl sites for hydroxylation is 1. The van der Waals surface area contributed by atoms with Gasteiger partial charge in [-0.3, -0.25) is 9.59 Å². The molecule has 1 aliphatic rings. The highest BCUT2D eigenvalue weighted by Gasteiger charge is 2.28. The minimum atomic E-state index is -0.0266. The van der Waals surface area contributed by atoms with Crippen molar-refractivity contribution in [1.82, 2.24) is 4.90 Å². The van der Waals surface area contributed by atoms with E-state index in [1.807, 2.05) is 31.2 Å². The molecule has 1 aromatic carbocycles. The van der Waals surface area contributed by atoms with E-state index >= 15 is 0 Å². The summed E-state index contributed by atoms with van der Waals surface area (Å²) in [5.74, 6) is 0.171. The van der Waals surface area contributed by atoms with Crippen LogP contribution in [-0.4, -0.2) is 48.9 Å². The molecule has 2 amide bonds. The Morgan fingerprint density at radius 2 is 1.96 bits per heavy atom. The largest absolute Gasteiger partial charge is 0.335 e. The van der Waals surface area contributed by atoms with E-state index < -0.39 is 0 Å². The van der Waals surface area contributed by atoms with E-state index in [2.05, 4.69) is 24.1 Å². The molecule has 1 saturated heterocycles. The summed E-state index contributed by atoms with van der Waals surface area (Å²) in [5.41, 5.74) is 1.90. The lowest BCUT2D eigenvalue weighted by atomic mass is 10.00. The molecule has 1 aliphatic heterocycles. The minimum Gasteiger partial charge on any atom is -0.335 e. The van der Waals surface area contributed by atoms with Gasteiger partial charge in [-0.15, -0.1) is 0 Å². The molecular formula is C21H34N3O2+. The van der Waals surface area contributed by atoms with Crippen molar-refractivity contribution >= 4 is 17.5 Å². The van der Waals surface area contributed by atoms with Crippen LogP contribution in [0.5, 0.6) is 0 Å². The molecule has 0 aliphatic carbocycles. The van der Waals surface area contributed by atoms with E-state index in [9.17, 15) is 9.59 Å². The third kappa shape index (κ3) is 5.84. The van der Waals surface area contributed by atoms with Crippen LogP contribution in [0.2, 0.25) is 0 Å². The lowest BCUT2D eigenvalue weighted by Crippen LogP contribution is -3.14. The molecule has 2 N–H and O–H groups in total. The second-order valence-electron chi connectivity index (χ2n) is 7.36. The number of carbonyl (C=O) groups is 2. The zero-order valence-electron chi connectivity index (χ0n) is 16.5. The van der Waals surface area contributed by atoms with Gasteiger partial charge in [0, 0.05) is 18.3 Å². The molecule has 2 atom stereocenters. The maximum Gasteiger partial charge on any atom is 0.279 e. The minimum absolute atomic E-state index is 0.0266. The highest BCUT2D eigenvalue weighted by atomic mass is 16.2. The zero-order valence-corrected chi connectivity index (χ0v) is 16.5. The first-order valence-corrected chi connectivity index (χ1v) is 10.0. The highest BCUT2D eigenvalue weighted by Crippen LogP contribution is 2.19. The van der Waals surface area contributed by atoms with Gasteiger partial charge in [-0.05, 0) is 50.7 Å². The van der Waals surface area contributed by atoms with Crippen LogP contribution in [0.25, 0.3) is 0 Å². The van der Waals surface area contributed by atoms with Crippen molar-refractivity contribution < 1.29 is 14.5 Å². The third-order valence-corrected chi connectivity index (χ3v) is 5.25. The first-order chi connectivity index (χ1) is 12.5. The fourth-order valence-corrected chi connectivity index (χ4v) is 3.80. The van der Waals surface area contributed by atoms with Gasteiger partial charge >= 0.3 is 0 Å². The van der Waals surface area contributed by atoms with Crippen LogP contribution in [0, 0.1) is 6.92 Å². The van der Waals surface area contributed by atoms with Crippen LogP contribution in [0.4, 0.5) is 5.69 Å². The van der Waals surface area contributed by atoms with E-state index in [1.54, 1.807) is 0 Å². The molecule has 0 bridgehead atoms. The zero-order chi connectivity index (χ0) is 18.9. The maximum atomic E-state index is 12.8. The number of para-hydroxylation sites is 1. The normalized spacial score (nSPS) is 18.4. The van der Waals surface area contributed by atoms with Gasteiger partial charge in [-0.25, -0.2) is 0 Å². The number of quaternary nitrogens is 1. The topological polar surface area (TPSA) is 53.9 Å². The lowest BCUT2D eigenvalue weighted by Gasteiger charge is -2.35. The highest BCUT2D eigenvalue weighted by molar-refractivity contribution is 5.92. The average molecular weight is 361 g/mol. The SMILES string of the molecule is CCC[NH+](CC(=O)Nc1ccccc1C)CC(=O)N1CCCC[C@H]1CC. The van der Waals surface area contributed by atoms with Crippen LogP contribution in [-0.2, 0) is 9.59 Å². The van der Waals surface area contributed by atoms with E-state index in [0.717, 1.165) is 54.9 Å². The standard InChI is InChI=1S/C21H33N3O2/c1-4-13-23(15-20(25)22-19-12-7-6-10-17(19)3)16-21(26)24-14-9-8-11-18(24)5-2/h6-7,10,12,18H,4-5,8-9,11,13-16H2,1-3H3,(H,22,25)/p+1/t18-/m1/s1. The summed E-state index contributed by atoms with van der Waals surface area (Å²) in [7, 11) is 0. The van der Waals surface area contributed by atoms with Gasteiger partial charge in [-0.1, -0.05) is 32.0 Å². The quantitative estimate of drug-likeness (QED) is 0.745. The predicted molar refractivity (Wildman–Crippen MR) is 105 cm³/mol. The van der Waals surface area contributed by atoms with Gasteiger partial charge in [0.1, 0.15) is 0 Å². The molecule has 26 heavy (non-hydrogen) atoms. The number of nitrogens with one attached hydrogen (secondary N) is 2. The Bertz CT molecular complexity index is 603. The number of hydrogen-bond donors (Lipinski definition) is 2. The van der Waals surface area contributed by atoms with E-state index in [1.165, 1.54) is 6.42 Å². The van der Waals surface area contributed by atoms with Crippen LogP contribution in [0.3, 0.4) is 0 Å². The number of rotatable bonds is 8. The van der Waals surface area contributed by atoms with Crippen LogP contribution >= 0.6 is 0 Å². The van der Waals surface area contributed by atoms with Gasteiger partial charge in [0.2, 0.25) is 0 Å². The summed E-state index contributed by atoms with van der Waals surface area (Å²) in [5, 5.41) is 2.99. The van der Waals surface area contributed by atoms with Crippen molar-refractivity contribution in [2.24, 2.45) is 0 Å². The monoisotopic (exact) mass is 360 g/mol. The summed E-state index contributed by atoms with van der Waals surface area (Å²) < 4.78 is 0. The van der Waals surface area contributed by atoms with Crippen molar-refractivity contribution in [3.63, 3.8) is 0 Å². The molecule has 1 aromatic rings. The van der Waals surface area contributed by atoms with Crippen molar-refractivity contribution in [2.45, 2.75) is 58.9 Å². The first kappa shape index (κ1) is 20.4. The summed E-state index contributed by atoms with van der Waals surface area (Å²) in [6, 6.07) is 8.15. The molecule has 1 fully saturated rings. The van der Waals surface area contributed by atoms with Gasteiger partial charge in [0.25, 0.3) is 11.8 Å². The summed E-state index contributed by atoms with van der Waals surface area (Å²) in [4.78, 5) is 28.4. The molecule has 2 rings (SSSR count). The van der Waals surface area contributed by atoms with Gasteiger partial charge in [0.15, 0.2) is 13.1 Å². The van der Waals surface area contributed by atoms with Gasteiger partial charge < -0.3 is 15.1 Å². The molecule has 0 radical (unpaired) electrons. The predicted octanol–water partition coefficient (Wildman–Crippen LogP) is 2.02. The molecule has 0 aromatic heterocycles. The number of likely N-dealkylation sites (tertiary alicyclic amines) is 1. The van der Waals surface area contributed by atoms with Gasteiger partial charge in [-0.2, -0.15) is 0 Å². The van der Waals surface area contributed by atoms with Crippen molar-refractivity contribution in [3.05, 3.63) is 29.8 Å². The van der Waals surface area contributed by atoms with Crippen LogP contribution in [0.15, 0.2) is 24.3 Å². The second-order valence-corrected chi connectivity index (χ2v) is 7.36. The molecule has 5 nitrogen and oxygen atoms in total. The molecule has 1 unspecified atom stereocenters. The molecular weight excluding hydrogens is 326 g/mol. The number of amides is 2. The Morgan fingerprint density at radius 1 is 1.19 bits per heavy atom. The van der Waals surface area contributed by atoms with E-state index in [0.29, 0.717) is 19.1 Å². The van der Waals surface area contributed by atoms with Crippen molar-refractivity contribution in [3.8, 4) is 0 Å². The molecule has 1 heterocycles. The lowest BCUT2D eigenvalue weighted by molar-refractivity contribution is -0.884. The summed E-state index contributed by atoms with van der Waals surface area (Å²) in [6.07, 6.45) is 5.39. The molecule has 5 heteroatoms. The van der Waals surface area contributed by atoms with E-state index in [4.69, 9.17) is 0 Å². The summed E-state index contributed by atoms with van der Waals surface area (Å²) in [6.45, 7) is 8.67. The Balaban J connectivity index is 1.93. The van der Waals surface area contributed by atoms with Crippen molar-refractivity contribution in [1.29, 1.82) is 0 Å². The fourth-order valence-electron chi connectivity index (χ4n) is 3.80. The first-order valence-electron chi connectivity index (χ1n) is 10.0. The molecule has 0 spiro atoms. The third-order valence-electron chi connectivity index (χ3n) is 5.25. The number of nitrogens with zero attached hydrogens (tertiary/aromatic N) is 1. The number of carbonyl (C=O) groups excluding carboxylic acids is 2. The van der Waals surface area contributed by atoms with Crippen molar-refractivity contribution in [2.75, 3.05) is 31.5 Å². The van der Waals surface area contributed by atoms with Gasteiger partial charge in [0.05, 0.1) is 6.54 Å². The number of anilines is 1. The maximum absolute atomic E-state index is 12.8. The van der Waals surface area contributed by atoms with E-state index in [-0.39, 0.29) is 11.8 Å². The number of piperidine rings is 1. The Hall–Kier alpha value is -1.88. The van der Waals surface area contributed by atoms with Crippen LogP contribution in [0.1, 0.15) is 51.5 Å². The Labute approximate surface area is 157 Å². The van der Waals surface area contributed by atoms with Crippen LogP contribution < -0.4 is 10.2 Å². The smallest absolute Gasteiger partial charge is 0.279 e.